The van der Waals surface area contributed by atoms with Crippen molar-refractivity contribution >= 4 is 5.91 Å². The number of piperazine rings is 1. The highest BCUT2D eigenvalue weighted by Gasteiger charge is 2.26. The Morgan fingerprint density at radius 1 is 1.37 bits per heavy atom. The van der Waals surface area contributed by atoms with E-state index >= 15 is 0 Å². The lowest BCUT2D eigenvalue weighted by atomic mass is 10.1. The van der Waals surface area contributed by atoms with Crippen LogP contribution in [0.5, 0.6) is 0 Å². The molecule has 0 aromatic heterocycles. The van der Waals surface area contributed by atoms with Crippen LogP contribution in [0.4, 0.5) is 0 Å². The number of amides is 1. The quantitative estimate of drug-likeness (QED) is 0.764. The molecule has 2 rings (SSSR count). The molecule has 0 aliphatic carbocycles. The van der Waals surface area contributed by atoms with Gasteiger partial charge in [-0.2, -0.15) is 0 Å². The first kappa shape index (κ1) is 14.8. The first-order valence-electron chi connectivity index (χ1n) is 7.44. The SMILES string of the molecule is CNCC(C)C(=O)N1CCN(CC2CCOC2)CC1. The van der Waals surface area contributed by atoms with Gasteiger partial charge in [0.1, 0.15) is 0 Å². The summed E-state index contributed by atoms with van der Waals surface area (Å²) >= 11 is 0. The molecule has 2 unspecified atom stereocenters. The second-order valence-electron chi connectivity index (χ2n) is 5.81. The molecule has 2 aliphatic heterocycles. The van der Waals surface area contributed by atoms with Gasteiger partial charge in [-0.3, -0.25) is 9.69 Å². The summed E-state index contributed by atoms with van der Waals surface area (Å²) in [6.07, 6.45) is 1.19. The summed E-state index contributed by atoms with van der Waals surface area (Å²) in [5, 5.41) is 3.07. The van der Waals surface area contributed by atoms with Gasteiger partial charge in [0, 0.05) is 51.8 Å². The monoisotopic (exact) mass is 269 g/mol. The van der Waals surface area contributed by atoms with Gasteiger partial charge in [0.2, 0.25) is 5.91 Å². The third kappa shape index (κ3) is 4.16. The fourth-order valence-corrected chi connectivity index (χ4v) is 2.95. The maximum atomic E-state index is 12.2. The molecule has 0 aromatic carbocycles. The van der Waals surface area contributed by atoms with E-state index in [9.17, 15) is 4.79 Å². The Balaban J connectivity index is 1.70. The smallest absolute Gasteiger partial charge is 0.226 e. The number of carbonyl (C=O) groups excluding carboxylic acids is 1. The number of nitrogens with one attached hydrogen (secondary N) is 1. The van der Waals surface area contributed by atoms with E-state index in [-0.39, 0.29) is 11.8 Å². The lowest BCUT2D eigenvalue weighted by Crippen LogP contribution is -2.51. The molecule has 1 amide bonds. The van der Waals surface area contributed by atoms with E-state index in [0.29, 0.717) is 5.92 Å². The van der Waals surface area contributed by atoms with Crippen molar-refractivity contribution in [2.75, 3.05) is 59.5 Å². The Morgan fingerprint density at radius 3 is 2.68 bits per heavy atom. The molecule has 5 nitrogen and oxygen atoms in total. The fourth-order valence-electron chi connectivity index (χ4n) is 2.95. The highest BCUT2D eigenvalue weighted by atomic mass is 16.5. The van der Waals surface area contributed by atoms with Crippen LogP contribution in [-0.4, -0.2) is 75.2 Å². The van der Waals surface area contributed by atoms with Gasteiger partial charge in [-0.25, -0.2) is 0 Å². The molecule has 2 saturated heterocycles. The Labute approximate surface area is 116 Å². The van der Waals surface area contributed by atoms with Crippen LogP contribution in [0.3, 0.4) is 0 Å². The highest BCUT2D eigenvalue weighted by Crippen LogP contribution is 2.15. The summed E-state index contributed by atoms with van der Waals surface area (Å²) in [5.41, 5.74) is 0. The van der Waals surface area contributed by atoms with E-state index in [4.69, 9.17) is 4.74 Å². The van der Waals surface area contributed by atoms with Crippen LogP contribution in [0.15, 0.2) is 0 Å². The average Bonchev–Trinajstić information content (AvgIpc) is 2.92. The van der Waals surface area contributed by atoms with Crippen molar-refractivity contribution in [3.05, 3.63) is 0 Å². The number of nitrogens with zero attached hydrogens (tertiary/aromatic N) is 2. The summed E-state index contributed by atoms with van der Waals surface area (Å²) < 4.78 is 5.42. The van der Waals surface area contributed by atoms with Gasteiger partial charge in [0.05, 0.1) is 6.61 Å². The number of hydrogen-bond acceptors (Lipinski definition) is 4. The van der Waals surface area contributed by atoms with Crippen LogP contribution >= 0.6 is 0 Å². The molecule has 2 aliphatic rings. The summed E-state index contributed by atoms with van der Waals surface area (Å²) in [7, 11) is 1.89. The van der Waals surface area contributed by atoms with Gasteiger partial charge in [0.15, 0.2) is 0 Å². The zero-order chi connectivity index (χ0) is 13.7. The molecule has 0 aromatic rings. The first-order valence-corrected chi connectivity index (χ1v) is 7.44. The van der Waals surface area contributed by atoms with Gasteiger partial charge in [-0.15, -0.1) is 0 Å². The summed E-state index contributed by atoms with van der Waals surface area (Å²) in [5.74, 6) is 1.07. The van der Waals surface area contributed by atoms with Crippen molar-refractivity contribution < 1.29 is 9.53 Å². The number of ether oxygens (including phenoxy) is 1. The van der Waals surface area contributed by atoms with Gasteiger partial charge < -0.3 is 15.0 Å². The van der Waals surface area contributed by atoms with Crippen molar-refractivity contribution in [2.24, 2.45) is 11.8 Å². The summed E-state index contributed by atoms with van der Waals surface area (Å²) in [6.45, 7) is 9.50. The number of carbonyl (C=O) groups is 1. The van der Waals surface area contributed by atoms with Crippen LogP contribution in [-0.2, 0) is 9.53 Å². The Bertz CT molecular complexity index is 284. The Hall–Kier alpha value is -0.650. The van der Waals surface area contributed by atoms with E-state index in [1.165, 1.54) is 6.42 Å². The molecule has 0 spiro atoms. The molecule has 0 saturated carbocycles. The molecule has 0 radical (unpaired) electrons. The first-order chi connectivity index (χ1) is 9.20. The van der Waals surface area contributed by atoms with Crippen molar-refractivity contribution in [3.8, 4) is 0 Å². The number of hydrogen-bond donors (Lipinski definition) is 1. The minimum Gasteiger partial charge on any atom is -0.381 e. The molecule has 110 valence electrons. The lowest BCUT2D eigenvalue weighted by molar-refractivity contribution is -0.136. The molecular formula is C14H27N3O2. The van der Waals surface area contributed by atoms with Gasteiger partial charge in [-0.05, 0) is 19.4 Å². The molecule has 0 bridgehead atoms. The zero-order valence-electron chi connectivity index (χ0n) is 12.2. The van der Waals surface area contributed by atoms with E-state index in [1.807, 2.05) is 18.9 Å². The molecule has 1 N–H and O–H groups in total. The molecule has 2 fully saturated rings. The minimum atomic E-state index is 0.0831. The fraction of sp³-hybridized carbons (Fsp3) is 0.929. The van der Waals surface area contributed by atoms with Gasteiger partial charge in [-0.1, -0.05) is 6.92 Å². The maximum Gasteiger partial charge on any atom is 0.226 e. The second kappa shape index (κ2) is 7.22. The van der Waals surface area contributed by atoms with E-state index in [1.54, 1.807) is 0 Å². The van der Waals surface area contributed by atoms with Gasteiger partial charge >= 0.3 is 0 Å². The van der Waals surface area contributed by atoms with Crippen molar-refractivity contribution in [3.63, 3.8) is 0 Å². The molecule has 2 atom stereocenters. The van der Waals surface area contributed by atoms with Crippen molar-refractivity contribution in [1.82, 2.24) is 15.1 Å². The summed E-state index contributed by atoms with van der Waals surface area (Å²) in [6, 6.07) is 0. The van der Waals surface area contributed by atoms with Crippen LogP contribution in [0.25, 0.3) is 0 Å². The third-order valence-corrected chi connectivity index (χ3v) is 4.16. The van der Waals surface area contributed by atoms with Crippen LogP contribution in [0.1, 0.15) is 13.3 Å². The lowest BCUT2D eigenvalue weighted by Gasteiger charge is -2.36. The van der Waals surface area contributed by atoms with Crippen LogP contribution in [0, 0.1) is 11.8 Å². The molecule has 5 heteroatoms. The highest BCUT2D eigenvalue weighted by molar-refractivity contribution is 5.78. The standard InChI is InChI=1S/C14H27N3O2/c1-12(9-15-2)14(18)17-6-4-16(5-7-17)10-13-3-8-19-11-13/h12-13,15H,3-11H2,1-2H3. The predicted molar refractivity (Wildman–Crippen MR) is 75.0 cm³/mol. The molecular weight excluding hydrogens is 242 g/mol. The number of rotatable bonds is 5. The predicted octanol–water partition coefficient (Wildman–Crippen LogP) is 0.0226. The second-order valence-corrected chi connectivity index (χ2v) is 5.81. The van der Waals surface area contributed by atoms with E-state index in [0.717, 1.165) is 52.5 Å². The summed E-state index contributed by atoms with van der Waals surface area (Å²) in [4.78, 5) is 16.7. The normalized spacial score (nSPS) is 26.6. The van der Waals surface area contributed by atoms with Gasteiger partial charge in [0.25, 0.3) is 0 Å². The Kier molecular flexibility index (Phi) is 5.60. The third-order valence-electron chi connectivity index (χ3n) is 4.16. The van der Waals surface area contributed by atoms with E-state index < -0.39 is 0 Å². The van der Waals surface area contributed by atoms with Crippen molar-refractivity contribution in [2.45, 2.75) is 13.3 Å². The van der Waals surface area contributed by atoms with Crippen molar-refractivity contribution in [1.29, 1.82) is 0 Å². The van der Waals surface area contributed by atoms with Crippen LogP contribution in [0.2, 0.25) is 0 Å². The minimum absolute atomic E-state index is 0.0831. The molecule has 19 heavy (non-hydrogen) atoms. The topological polar surface area (TPSA) is 44.8 Å². The van der Waals surface area contributed by atoms with Crippen LogP contribution < -0.4 is 5.32 Å². The Morgan fingerprint density at radius 2 is 2.11 bits per heavy atom. The van der Waals surface area contributed by atoms with E-state index in [2.05, 4.69) is 10.2 Å². The largest absolute Gasteiger partial charge is 0.381 e. The average molecular weight is 269 g/mol. The maximum absolute atomic E-state index is 12.2. The molecule has 2 heterocycles. The zero-order valence-corrected chi connectivity index (χ0v) is 12.2.